The molecule has 1 saturated carbocycles. The van der Waals surface area contributed by atoms with Crippen molar-refractivity contribution in [3.63, 3.8) is 0 Å². The summed E-state index contributed by atoms with van der Waals surface area (Å²) in [6.45, 7) is 0.873. The van der Waals surface area contributed by atoms with Gasteiger partial charge in [0.05, 0.1) is 18.6 Å². The fourth-order valence-corrected chi connectivity index (χ4v) is 2.95. The molecule has 0 aromatic heterocycles. The molecule has 1 aromatic carbocycles. The van der Waals surface area contributed by atoms with Crippen LogP contribution in [0.25, 0.3) is 0 Å². The summed E-state index contributed by atoms with van der Waals surface area (Å²) >= 11 is 0. The number of esters is 1. The molecule has 0 bridgehead atoms. The largest absolute Gasteiger partial charge is 0.426 e. The fourth-order valence-electron chi connectivity index (χ4n) is 2.95. The van der Waals surface area contributed by atoms with Crippen LogP contribution >= 0.6 is 0 Å². The second-order valence-corrected chi connectivity index (χ2v) is 5.91. The average Bonchev–Trinajstić information content (AvgIpc) is 3.28. The van der Waals surface area contributed by atoms with Gasteiger partial charge in [-0.15, -0.1) is 0 Å². The van der Waals surface area contributed by atoms with Crippen LogP contribution in [-0.4, -0.2) is 18.7 Å². The molecule has 114 valence electrons. The molecule has 1 unspecified atom stereocenters. The maximum Gasteiger partial charge on any atom is 0.314 e. The zero-order valence-corrected chi connectivity index (χ0v) is 11.7. The van der Waals surface area contributed by atoms with Gasteiger partial charge in [0.1, 0.15) is 5.75 Å². The van der Waals surface area contributed by atoms with E-state index in [1.54, 1.807) is 0 Å². The molecule has 1 saturated heterocycles. The van der Waals surface area contributed by atoms with E-state index in [1.165, 1.54) is 6.07 Å². The van der Waals surface area contributed by atoms with Gasteiger partial charge in [0, 0.05) is 6.07 Å². The van der Waals surface area contributed by atoms with Crippen molar-refractivity contribution in [2.45, 2.75) is 38.2 Å². The minimum Gasteiger partial charge on any atom is -0.426 e. The van der Waals surface area contributed by atoms with Crippen LogP contribution in [0.4, 0.5) is 8.78 Å². The summed E-state index contributed by atoms with van der Waals surface area (Å²) in [5, 5.41) is 0. The minimum atomic E-state index is -1.01. The van der Waals surface area contributed by atoms with E-state index >= 15 is 0 Å². The summed E-state index contributed by atoms with van der Waals surface area (Å²) in [6.07, 6.45) is 5.10. The van der Waals surface area contributed by atoms with Crippen molar-refractivity contribution in [2.24, 2.45) is 11.8 Å². The van der Waals surface area contributed by atoms with Gasteiger partial charge in [-0.3, -0.25) is 4.79 Å². The molecule has 1 aromatic rings. The molecular weight excluding hydrogens is 278 g/mol. The summed E-state index contributed by atoms with van der Waals surface area (Å²) in [5.41, 5.74) is 0. The molecule has 1 heterocycles. The highest BCUT2D eigenvalue weighted by Gasteiger charge is 2.32. The molecule has 2 aliphatic rings. The number of rotatable bonds is 4. The second kappa shape index (κ2) is 6.10. The first-order valence-electron chi connectivity index (χ1n) is 7.40. The van der Waals surface area contributed by atoms with Crippen LogP contribution < -0.4 is 4.74 Å². The van der Waals surface area contributed by atoms with Crippen LogP contribution in [0.15, 0.2) is 18.2 Å². The number of halogens is 2. The van der Waals surface area contributed by atoms with Crippen molar-refractivity contribution in [3.8, 4) is 5.75 Å². The predicted molar refractivity (Wildman–Crippen MR) is 71.8 cm³/mol. The molecule has 1 aliphatic carbocycles. The zero-order valence-electron chi connectivity index (χ0n) is 11.7. The monoisotopic (exact) mass is 296 g/mol. The smallest absolute Gasteiger partial charge is 0.314 e. The highest BCUT2D eigenvalue weighted by molar-refractivity contribution is 5.75. The van der Waals surface area contributed by atoms with Crippen LogP contribution in [0.1, 0.15) is 32.1 Å². The number of hydrogen-bond donors (Lipinski definition) is 0. The van der Waals surface area contributed by atoms with Crippen molar-refractivity contribution < 1.29 is 23.0 Å². The Balaban J connectivity index is 1.50. The van der Waals surface area contributed by atoms with E-state index < -0.39 is 11.6 Å². The number of epoxide rings is 1. The van der Waals surface area contributed by atoms with Crippen molar-refractivity contribution in [2.75, 3.05) is 6.61 Å². The highest BCUT2D eigenvalue weighted by atomic mass is 19.2. The van der Waals surface area contributed by atoms with E-state index in [-0.39, 0.29) is 17.6 Å². The number of carbonyl (C=O) groups is 1. The van der Waals surface area contributed by atoms with Crippen LogP contribution in [0, 0.1) is 23.5 Å². The van der Waals surface area contributed by atoms with Gasteiger partial charge in [-0.25, -0.2) is 8.78 Å². The lowest BCUT2D eigenvalue weighted by Gasteiger charge is -2.26. The third kappa shape index (κ3) is 3.79. The maximum atomic E-state index is 13.1. The molecule has 3 rings (SSSR count). The Morgan fingerprint density at radius 2 is 1.90 bits per heavy atom. The summed E-state index contributed by atoms with van der Waals surface area (Å²) in [5.74, 6) is -1.75. The van der Waals surface area contributed by atoms with Gasteiger partial charge in [-0.05, 0) is 50.2 Å². The van der Waals surface area contributed by atoms with Crippen molar-refractivity contribution in [1.82, 2.24) is 0 Å². The highest BCUT2D eigenvalue weighted by Crippen LogP contribution is 2.35. The Morgan fingerprint density at radius 1 is 1.19 bits per heavy atom. The first kappa shape index (κ1) is 14.4. The van der Waals surface area contributed by atoms with E-state index in [0.29, 0.717) is 12.0 Å². The number of carbonyl (C=O) groups excluding carboxylic acids is 1. The fraction of sp³-hybridized carbons (Fsp3) is 0.562. The van der Waals surface area contributed by atoms with E-state index in [2.05, 4.69) is 0 Å². The van der Waals surface area contributed by atoms with E-state index in [4.69, 9.17) is 9.47 Å². The molecule has 0 amide bonds. The summed E-state index contributed by atoms with van der Waals surface area (Å²) in [6, 6.07) is 3.14. The van der Waals surface area contributed by atoms with Crippen LogP contribution in [0.5, 0.6) is 5.75 Å². The van der Waals surface area contributed by atoms with E-state index in [1.807, 2.05) is 0 Å². The maximum absolute atomic E-state index is 13.1. The Bertz CT molecular complexity index is 520. The van der Waals surface area contributed by atoms with Gasteiger partial charge in [-0.1, -0.05) is 0 Å². The van der Waals surface area contributed by atoms with Gasteiger partial charge in [-0.2, -0.15) is 0 Å². The van der Waals surface area contributed by atoms with Gasteiger partial charge < -0.3 is 9.47 Å². The molecule has 2 fully saturated rings. The molecule has 1 atom stereocenters. The second-order valence-electron chi connectivity index (χ2n) is 5.91. The quantitative estimate of drug-likeness (QED) is 0.485. The minimum absolute atomic E-state index is 0.0624. The Hall–Kier alpha value is -1.49. The lowest BCUT2D eigenvalue weighted by Crippen LogP contribution is -2.26. The third-order valence-corrected chi connectivity index (χ3v) is 4.29. The van der Waals surface area contributed by atoms with Crippen LogP contribution in [-0.2, 0) is 9.53 Å². The van der Waals surface area contributed by atoms with Crippen LogP contribution in [0.3, 0.4) is 0 Å². The van der Waals surface area contributed by atoms with Crippen molar-refractivity contribution >= 4 is 5.97 Å². The van der Waals surface area contributed by atoms with Crippen molar-refractivity contribution in [3.05, 3.63) is 29.8 Å². The summed E-state index contributed by atoms with van der Waals surface area (Å²) < 4.78 is 36.3. The molecule has 0 N–H and O–H groups in total. The number of ether oxygens (including phenoxy) is 2. The van der Waals surface area contributed by atoms with Crippen molar-refractivity contribution in [1.29, 1.82) is 0 Å². The molecule has 21 heavy (non-hydrogen) atoms. The molecule has 5 heteroatoms. The Kier molecular flexibility index (Phi) is 4.19. The third-order valence-electron chi connectivity index (χ3n) is 4.29. The SMILES string of the molecule is O=C(Oc1ccc(F)c(F)c1)C1CCC(CC2CO2)CC1. The zero-order chi connectivity index (χ0) is 14.8. The number of benzene rings is 1. The average molecular weight is 296 g/mol. The van der Waals surface area contributed by atoms with E-state index in [0.717, 1.165) is 50.8 Å². The molecular formula is C16H18F2O3. The summed E-state index contributed by atoms with van der Waals surface area (Å²) in [7, 11) is 0. The summed E-state index contributed by atoms with van der Waals surface area (Å²) in [4.78, 5) is 12.0. The standard InChI is InChI=1S/C16H18F2O3/c17-14-6-5-12(8-15(14)18)21-16(19)11-3-1-10(2-4-11)7-13-9-20-13/h5-6,8,10-11,13H,1-4,7,9H2. The lowest BCUT2D eigenvalue weighted by molar-refractivity contribution is -0.140. The lowest BCUT2D eigenvalue weighted by atomic mass is 9.80. The first-order valence-corrected chi connectivity index (χ1v) is 7.40. The van der Waals surface area contributed by atoms with Gasteiger partial charge >= 0.3 is 5.97 Å². The number of hydrogen-bond acceptors (Lipinski definition) is 3. The Morgan fingerprint density at radius 3 is 2.52 bits per heavy atom. The Labute approximate surface area is 122 Å². The van der Waals surface area contributed by atoms with Gasteiger partial charge in [0.2, 0.25) is 0 Å². The van der Waals surface area contributed by atoms with Gasteiger partial charge in [0.15, 0.2) is 11.6 Å². The van der Waals surface area contributed by atoms with E-state index in [9.17, 15) is 13.6 Å². The topological polar surface area (TPSA) is 38.8 Å². The molecule has 1 aliphatic heterocycles. The van der Waals surface area contributed by atoms with Gasteiger partial charge in [0.25, 0.3) is 0 Å². The molecule has 0 radical (unpaired) electrons. The molecule has 3 nitrogen and oxygen atoms in total. The first-order chi connectivity index (χ1) is 10.1. The predicted octanol–water partition coefficient (Wildman–Crippen LogP) is 3.47. The normalized spacial score (nSPS) is 28.2. The van der Waals surface area contributed by atoms with Crippen LogP contribution in [0.2, 0.25) is 0 Å². The molecule has 0 spiro atoms.